The van der Waals surface area contributed by atoms with E-state index < -0.39 is 0 Å². The minimum Gasteiger partial charge on any atom is -0.489 e. The highest BCUT2D eigenvalue weighted by Gasteiger charge is 2.12. The van der Waals surface area contributed by atoms with E-state index in [1.54, 1.807) is 0 Å². The van der Waals surface area contributed by atoms with Crippen LogP contribution in [0, 0.1) is 0 Å². The number of para-hydroxylation sites is 1. The first-order chi connectivity index (χ1) is 7.29. The van der Waals surface area contributed by atoms with Crippen LogP contribution in [0.5, 0.6) is 5.75 Å². The Kier molecular flexibility index (Phi) is 3.04. The molecule has 0 aromatic heterocycles. The van der Waals surface area contributed by atoms with E-state index in [2.05, 4.69) is 6.08 Å². The highest BCUT2D eigenvalue weighted by molar-refractivity contribution is 5.62. The molecule has 0 radical (unpaired) electrons. The van der Waals surface area contributed by atoms with Crippen LogP contribution in [-0.2, 0) is 0 Å². The summed E-state index contributed by atoms with van der Waals surface area (Å²) in [5, 5.41) is 0. The molecule has 1 aliphatic rings. The topological polar surface area (TPSA) is 61.3 Å². The van der Waals surface area contributed by atoms with Gasteiger partial charge in [-0.15, -0.1) is 0 Å². The third-order valence-electron chi connectivity index (χ3n) is 2.52. The summed E-state index contributed by atoms with van der Waals surface area (Å²) >= 11 is 0. The van der Waals surface area contributed by atoms with Crippen LogP contribution >= 0.6 is 0 Å². The fourth-order valence-corrected chi connectivity index (χ4v) is 1.70. The molecule has 1 atom stereocenters. The monoisotopic (exact) mass is 204 g/mol. The second kappa shape index (κ2) is 4.47. The normalized spacial score (nSPS) is 16.3. The molecule has 0 fully saturated rings. The summed E-state index contributed by atoms with van der Waals surface area (Å²) in [6.07, 6.45) is 2.96. The van der Waals surface area contributed by atoms with Gasteiger partial charge in [0.15, 0.2) is 0 Å². The molecule has 0 spiro atoms. The second-order valence-electron chi connectivity index (χ2n) is 3.83. The van der Waals surface area contributed by atoms with Crippen LogP contribution in [0.2, 0.25) is 0 Å². The van der Waals surface area contributed by atoms with E-state index >= 15 is 0 Å². The Morgan fingerprint density at radius 1 is 1.33 bits per heavy atom. The lowest BCUT2D eigenvalue weighted by atomic mass is 10.0. The lowest BCUT2D eigenvalue weighted by molar-refractivity contribution is 0.340. The average molecular weight is 204 g/mol. The standard InChI is InChI=1S/C12H16N2O/c13-7-11(14)6-9-5-10-3-1-2-4-12(10)15-8-9/h1-5,11H,6-8,13-14H2. The van der Waals surface area contributed by atoms with Gasteiger partial charge < -0.3 is 16.2 Å². The van der Waals surface area contributed by atoms with Crippen molar-refractivity contribution in [1.29, 1.82) is 0 Å². The van der Waals surface area contributed by atoms with Gasteiger partial charge in [-0.1, -0.05) is 18.2 Å². The zero-order valence-corrected chi connectivity index (χ0v) is 8.65. The van der Waals surface area contributed by atoms with Crippen molar-refractivity contribution < 1.29 is 4.74 Å². The van der Waals surface area contributed by atoms with Crippen molar-refractivity contribution in [3.8, 4) is 5.75 Å². The Morgan fingerprint density at radius 3 is 2.93 bits per heavy atom. The number of fused-ring (bicyclic) bond motifs is 1. The van der Waals surface area contributed by atoms with Gasteiger partial charge >= 0.3 is 0 Å². The zero-order chi connectivity index (χ0) is 10.7. The van der Waals surface area contributed by atoms with Crippen molar-refractivity contribution in [3.63, 3.8) is 0 Å². The lowest BCUT2D eigenvalue weighted by Crippen LogP contribution is -2.31. The van der Waals surface area contributed by atoms with Crippen molar-refractivity contribution >= 4 is 6.08 Å². The molecule has 1 aromatic carbocycles. The van der Waals surface area contributed by atoms with E-state index in [1.807, 2.05) is 24.3 Å². The molecular formula is C12H16N2O. The molecule has 3 heteroatoms. The molecule has 1 heterocycles. The predicted octanol–water partition coefficient (Wildman–Crippen LogP) is 1.14. The third kappa shape index (κ3) is 2.37. The summed E-state index contributed by atoms with van der Waals surface area (Å²) in [6.45, 7) is 1.14. The number of ether oxygens (including phenoxy) is 1. The van der Waals surface area contributed by atoms with Gasteiger partial charge in [-0.2, -0.15) is 0 Å². The SMILES string of the molecule is NCC(N)CC1=Cc2ccccc2OC1. The first-order valence-corrected chi connectivity index (χ1v) is 5.16. The molecule has 1 aromatic rings. The van der Waals surface area contributed by atoms with E-state index in [1.165, 1.54) is 5.57 Å². The van der Waals surface area contributed by atoms with Gasteiger partial charge in [0.1, 0.15) is 12.4 Å². The molecule has 0 saturated carbocycles. The summed E-state index contributed by atoms with van der Waals surface area (Å²) in [4.78, 5) is 0. The number of nitrogens with two attached hydrogens (primary N) is 2. The van der Waals surface area contributed by atoms with Crippen LogP contribution in [0.3, 0.4) is 0 Å². The minimum atomic E-state index is 0.0325. The quantitative estimate of drug-likeness (QED) is 0.776. The van der Waals surface area contributed by atoms with Gasteiger partial charge in [-0.3, -0.25) is 0 Å². The fraction of sp³-hybridized carbons (Fsp3) is 0.333. The minimum absolute atomic E-state index is 0.0325. The Morgan fingerprint density at radius 2 is 2.13 bits per heavy atom. The number of hydrogen-bond donors (Lipinski definition) is 2. The third-order valence-corrected chi connectivity index (χ3v) is 2.52. The predicted molar refractivity (Wildman–Crippen MR) is 61.6 cm³/mol. The molecule has 0 bridgehead atoms. The van der Waals surface area contributed by atoms with E-state index in [9.17, 15) is 0 Å². The van der Waals surface area contributed by atoms with Crippen molar-refractivity contribution in [3.05, 3.63) is 35.4 Å². The first-order valence-electron chi connectivity index (χ1n) is 5.16. The Balaban J connectivity index is 2.15. The second-order valence-corrected chi connectivity index (χ2v) is 3.83. The number of benzene rings is 1. The largest absolute Gasteiger partial charge is 0.489 e. The first kappa shape index (κ1) is 10.2. The summed E-state index contributed by atoms with van der Waals surface area (Å²) in [6, 6.07) is 8.03. The van der Waals surface area contributed by atoms with Crippen LogP contribution < -0.4 is 16.2 Å². The van der Waals surface area contributed by atoms with Gasteiger partial charge in [0, 0.05) is 18.2 Å². The van der Waals surface area contributed by atoms with E-state index in [0.717, 1.165) is 17.7 Å². The molecule has 2 rings (SSSR count). The molecule has 0 amide bonds. The van der Waals surface area contributed by atoms with Gasteiger partial charge in [0.05, 0.1) is 0 Å². The van der Waals surface area contributed by atoms with E-state index in [0.29, 0.717) is 13.2 Å². The van der Waals surface area contributed by atoms with Crippen LogP contribution in [0.1, 0.15) is 12.0 Å². The molecule has 80 valence electrons. The van der Waals surface area contributed by atoms with Crippen LogP contribution in [0.4, 0.5) is 0 Å². The van der Waals surface area contributed by atoms with Gasteiger partial charge in [-0.25, -0.2) is 0 Å². The maximum absolute atomic E-state index is 5.80. The zero-order valence-electron chi connectivity index (χ0n) is 8.65. The van der Waals surface area contributed by atoms with Gasteiger partial charge in [0.25, 0.3) is 0 Å². The van der Waals surface area contributed by atoms with E-state index in [-0.39, 0.29) is 6.04 Å². The van der Waals surface area contributed by atoms with Crippen molar-refractivity contribution in [2.75, 3.05) is 13.2 Å². The summed E-state index contributed by atoms with van der Waals surface area (Å²) in [5.74, 6) is 0.947. The molecule has 15 heavy (non-hydrogen) atoms. The van der Waals surface area contributed by atoms with Crippen LogP contribution in [0.25, 0.3) is 6.08 Å². The number of hydrogen-bond acceptors (Lipinski definition) is 3. The maximum atomic E-state index is 5.80. The molecule has 1 unspecified atom stereocenters. The van der Waals surface area contributed by atoms with Crippen molar-refractivity contribution in [2.24, 2.45) is 11.5 Å². The summed E-state index contributed by atoms with van der Waals surface area (Å²) in [7, 11) is 0. The van der Waals surface area contributed by atoms with E-state index in [4.69, 9.17) is 16.2 Å². The highest BCUT2D eigenvalue weighted by atomic mass is 16.5. The maximum Gasteiger partial charge on any atom is 0.127 e. The molecule has 1 aliphatic heterocycles. The highest BCUT2D eigenvalue weighted by Crippen LogP contribution is 2.26. The smallest absolute Gasteiger partial charge is 0.127 e. The Labute approximate surface area is 89.7 Å². The van der Waals surface area contributed by atoms with Crippen LogP contribution in [0.15, 0.2) is 29.8 Å². The molecule has 3 nitrogen and oxygen atoms in total. The van der Waals surface area contributed by atoms with Crippen molar-refractivity contribution in [2.45, 2.75) is 12.5 Å². The Bertz CT molecular complexity index is 374. The van der Waals surface area contributed by atoms with Crippen LogP contribution in [-0.4, -0.2) is 19.2 Å². The van der Waals surface area contributed by atoms with Gasteiger partial charge in [-0.05, 0) is 24.1 Å². The van der Waals surface area contributed by atoms with Gasteiger partial charge in [0.2, 0.25) is 0 Å². The fourth-order valence-electron chi connectivity index (χ4n) is 1.70. The number of rotatable bonds is 3. The molecule has 0 aliphatic carbocycles. The average Bonchev–Trinajstić information content (AvgIpc) is 2.29. The Hall–Kier alpha value is -1.32. The van der Waals surface area contributed by atoms with Crippen molar-refractivity contribution in [1.82, 2.24) is 0 Å². The lowest BCUT2D eigenvalue weighted by Gasteiger charge is -2.19. The summed E-state index contributed by atoms with van der Waals surface area (Å²) in [5.41, 5.74) is 13.6. The molecular weight excluding hydrogens is 188 g/mol. The molecule has 0 saturated heterocycles. The molecule has 4 N–H and O–H groups in total. The summed E-state index contributed by atoms with van der Waals surface area (Å²) < 4.78 is 5.62.